The molecule has 37 heavy (non-hydrogen) atoms. The van der Waals surface area contributed by atoms with E-state index in [9.17, 15) is 32.0 Å². The number of amides is 2. The Morgan fingerprint density at radius 2 is 1.86 bits per heavy atom. The molecule has 13 heteroatoms. The van der Waals surface area contributed by atoms with Crippen molar-refractivity contribution in [1.29, 1.82) is 5.26 Å². The number of rotatable bonds is 6. The minimum atomic E-state index is -4.20. The van der Waals surface area contributed by atoms with E-state index in [4.69, 9.17) is 23.2 Å². The molecule has 1 saturated heterocycles. The summed E-state index contributed by atoms with van der Waals surface area (Å²) < 4.78 is 55.2. The third kappa shape index (κ3) is 4.45. The molecule has 1 aromatic carbocycles. The van der Waals surface area contributed by atoms with Crippen LogP contribution in [0.15, 0.2) is 35.4 Å². The lowest BCUT2D eigenvalue weighted by Crippen LogP contribution is -2.52. The van der Waals surface area contributed by atoms with Crippen molar-refractivity contribution < 1.29 is 26.8 Å². The van der Waals surface area contributed by atoms with Crippen molar-refractivity contribution in [2.75, 3.05) is 6.54 Å². The van der Waals surface area contributed by atoms with Gasteiger partial charge in [-0.2, -0.15) is 5.26 Å². The van der Waals surface area contributed by atoms with E-state index in [1.165, 1.54) is 6.20 Å². The summed E-state index contributed by atoms with van der Waals surface area (Å²) in [5.74, 6) is -2.80. The molecular formula is C24H20Cl2F2N4O4S. The van der Waals surface area contributed by atoms with Gasteiger partial charge in [0.1, 0.15) is 23.2 Å². The van der Waals surface area contributed by atoms with Gasteiger partial charge in [0.05, 0.1) is 37.4 Å². The summed E-state index contributed by atoms with van der Waals surface area (Å²) >= 11 is 11.8. The first-order chi connectivity index (χ1) is 17.4. The van der Waals surface area contributed by atoms with Gasteiger partial charge in [-0.25, -0.2) is 17.2 Å². The van der Waals surface area contributed by atoms with Gasteiger partial charge in [0, 0.05) is 12.7 Å². The lowest BCUT2D eigenvalue weighted by Gasteiger charge is -2.28. The predicted octanol–water partition coefficient (Wildman–Crippen LogP) is 3.31. The smallest absolute Gasteiger partial charge is 0.244 e. The zero-order chi connectivity index (χ0) is 26.8. The molecule has 0 radical (unpaired) electrons. The second-order valence-corrected chi connectivity index (χ2v) is 12.7. The average Bonchev–Trinajstić information content (AvgIpc) is 3.75. The SMILES string of the molecule is N#CC1(NC(=O)[C@@H]2C[C@H](S(=O)(=O)c3ccc(F)cc3Cl)CN2C(=O)C2(c3ncc(Cl)cc3F)CC2)CC1. The summed E-state index contributed by atoms with van der Waals surface area (Å²) in [5.41, 5.74) is -2.53. The minimum Gasteiger partial charge on any atom is -0.336 e. The van der Waals surface area contributed by atoms with E-state index in [1.54, 1.807) is 0 Å². The van der Waals surface area contributed by atoms with Crippen molar-refractivity contribution in [2.45, 2.75) is 59.2 Å². The molecule has 1 N–H and O–H groups in total. The van der Waals surface area contributed by atoms with Crippen molar-refractivity contribution in [3.63, 3.8) is 0 Å². The Morgan fingerprint density at radius 3 is 2.43 bits per heavy atom. The molecular weight excluding hydrogens is 549 g/mol. The quantitative estimate of drug-likeness (QED) is 0.534. The molecule has 1 aliphatic heterocycles. The molecule has 8 nitrogen and oxygen atoms in total. The highest BCUT2D eigenvalue weighted by atomic mass is 35.5. The number of likely N-dealkylation sites (tertiary alicyclic amines) is 1. The number of hydrogen-bond acceptors (Lipinski definition) is 6. The Balaban J connectivity index is 1.50. The van der Waals surface area contributed by atoms with Crippen LogP contribution in [0.1, 0.15) is 37.8 Å². The highest BCUT2D eigenvalue weighted by Crippen LogP contribution is 2.51. The lowest BCUT2D eigenvalue weighted by molar-refractivity contribution is -0.140. The highest BCUT2D eigenvalue weighted by Gasteiger charge is 2.60. The maximum absolute atomic E-state index is 14.8. The standard InChI is InChI=1S/C24H20Cl2F2N4O4S/c25-13-7-17(28)20(30-10-13)24(5-6-24)22(34)32-11-15(9-18(32)21(33)31-23(12-29)3-4-23)37(35,36)19-2-1-14(27)8-16(19)26/h1-2,7-8,10,15,18H,3-6,9,11H2,(H,31,33)/t15-,18-/m0/s1. The van der Waals surface area contributed by atoms with Gasteiger partial charge in [0.25, 0.3) is 0 Å². The Morgan fingerprint density at radius 1 is 1.16 bits per heavy atom. The van der Waals surface area contributed by atoms with Gasteiger partial charge in [-0.1, -0.05) is 23.2 Å². The summed E-state index contributed by atoms with van der Waals surface area (Å²) in [6, 6.07) is 4.71. The third-order valence-corrected chi connectivity index (χ3v) is 10.0. The maximum Gasteiger partial charge on any atom is 0.244 e. The van der Waals surface area contributed by atoms with Crippen LogP contribution in [-0.4, -0.2) is 53.5 Å². The van der Waals surface area contributed by atoms with Crippen molar-refractivity contribution in [3.8, 4) is 6.07 Å². The second-order valence-electron chi connectivity index (χ2n) is 9.70. The van der Waals surface area contributed by atoms with E-state index in [-0.39, 0.29) is 46.4 Å². The molecule has 5 rings (SSSR count). The summed E-state index contributed by atoms with van der Waals surface area (Å²) in [7, 11) is -4.20. The third-order valence-electron chi connectivity index (χ3n) is 7.21. The van der Waals surface area contributed by atoms with Crippen LogP contribution in [0, 0.1) is 23.0 Å². The van der Waals surface area contributed by atoms with E-state index in [1.807, 2.05) is 6.07 Å². The van der Waals surface area contributed by atoms with Gasteiger partial charge in [0.15, 0.2) is 9.84 Å². The molecule has 0 bridgehead atoms. The second kappa shape index (κ2) is 8.89. The van der Waals surface area contributed by atoms with Crippen molar-refractivity contribution >= 4 is 44.9 Å². The van der Waals surface area contributed by atoms with E-state index in [2.05, 4.69) is 10.3 Å². The molecule has 1 aromatic heterocycles. The molecule has 2 aromatic rings. The molecule has 0 unspecified atom stereocenters. The molecule has 2 aliphatic carbocycles. The summed E-state index contributed by atoms with van der Waals surface area (Å²) in [4.78, 5) is 31.9. The number of benzene rings is 1. The monoisotopic (exact) mass is 568 g/mol. The van der Waals surface area contributed by atoms with Gasteiger partial charge in [0.2, 0.25) is 11.8 Å². The van der Waals surface area contributed by atoms with E-state index in [0.717, 1.165) is 29.2 Å². The molecule has 3 aliphatic rings. The summed E-state index contributed by atoms with van der Waals surface area (Å²) in [6.45, 7) is -0.372. The lowest BCUT2D eigenvalue weighted by atomic mass is 9.98. The van der Waals surface area contributed by atoms with E-state index < -0.39 is 55.5 Å². The van der Waals surface area contributed by atoms with Gasteiger partial charge in [-0.15, -0.1) is 0 Å². The van der Waals surface area contributed by atoms with Gasteiger partial charge >= 0.3 is 0 Å². The van der Waals surface area contributed by atoms with Gasteiger partial charge in [-0.05, 0) is 56.4 Å². The Hall–Kier alpha value is -2.81. The number of nitrogens with zero attached hydrogens (tertiary/aromatic N) is 3. The van der Waals surface area contributed by atoms with Crippen LogP contribution < -0.4 is 5.32 Å². The molecule has 2 atom stereocenters. The van der Waals surface area contributed by atoms with Crippen LogP contribution in [0.25, 0.3) is 0 Å². The number of carbonyl (C=O) groups excluding carboxylic acids is 2. The Labute approximate surface area is 221 Å². The molecule has 2 saturated carbocycles. The van der Waals surface area contributed by atoms with Gasteiger partial charge in [-0.3, -0.25) is 14.6 Å². The topological polar surface area (TPSA) is 120 Å². The first-order valence-electron chi connectivity index (χ1n) is 11.5. The largest absolute Gasteiger partial charge is 0.336 e. The zero-order valence-electron chi connectivity index (χ0n) is 19.2. The highest BCUT2D eigenvalue weighted by molar-refractivity contribution is 7.92. The Bertz CT molecular complexity index is 1470. The first-order valence-corrected chi connectivity index (χ1v) is 13.8. The van der Waals surface area contributed by atoms with E-state index in [0.29, 0.717) is 12.8 Å². The van der Waals surface area contributed by atoms with Crippen molar-refractivity contribution in [2.24, 2.45) is 0 Å². The number of sulfone groups is 1. The normalized spacial score (nSPS) is 23.3. The molecule has 2 amide bonds. The number of aromatic nitrogens is 1. The van der Waals surface area contributed by atoms with Crippen LogP contribution in [0.2, 0.25) is 10.0 Å². The maximum atomic E-state index is 14.8. The first kappa shape index (κ1) is 25.8. The fourth-order valence-electron chi connectivity index (χ4n) is 4.81. The zero-order valence-corrected chi connectivity index (χ0v) is 21.5. The fraction of sp³-hybridized carbons (Fsp3) is 0.417. The van der Waals surface area contributed by atoms with Crippen LogP contribution in [0.5, 0.6) is 0 Å². The van der Waals surface area contributed by atoms with Crippen LogP contribution in [-0.2, 0) is 24.8 Å². The average molecular weight is 569 g/mol. The molecule has 2 heterocycles. The van der Waals surface area contributed by atoms with Crippen molar-refractivity contribution in [1.82, 2.24) is 15.2 Å². The molecule has 3 fully saturated rings. The summed E-state index contributed by atoms with van der Waals surface area (Å²) in [6.07, 6.45) is 2.33. The minimum absolute atomic E-state index is 0.0523. The van der Waals surface area contributed by atoms with Crippen LogP contribution >= 0.6 is 23.2 Å². The fourth-order valence-corrected chi connectivity index (χ4v) is 7.18. The number of nitriles is 1. The number of halogens is 4. The predicted molar refractivity (Wildman–Crippen MR) is 128 cm³/mol. The van der Waals surface area contributed by atoms with Crippen LogP contribution in [0.3, 0.4) is 0 Å². The Kier molecular flexibility index (Phi) is 6.21. The molecule has 0 spiro atoms. The van der Waals surface area contributed by atoms with Crippen molar-refractivity contribution in [3.05, 3.63) is 57.8 Å². The summed E-state index contributed by atoms with van der Waals surface area (Å²) in [5, 5.41) is 10.5. The van der Waals surface area contributed by atoms with E-state index >= 15 is 0 Å². The number of carbonyl (C=O) groups is 2. The number of nitrogens with one attached hydrogen (secondary N) is 1. The molecule has 194 valence electrons. The number of pyridine rings is 1. The van der Waals surface area contributed by atoms with Crippen LogP contribution in [0.4, 0.5) is 8.78 Å². The van der Waals surface area contributed by atoms with Gasteiger partial charge < -0.3 is 10.2 Å². The number of hydrogen-bond donors (Lipinski definition) is 1.